The summed E-state index contributed by atoms with van der Waals surface area (Å²) in [6.45, 7) is 5.65. The highest BCUT2D eigenvalue weighted by Gasteiger charge is 2.34. The molecule has 1 aliphatic heterocycles. The van der Waals surface area contributed by atoms with Gasteiger partial charge in [-0.05, 0) is 56.2 Å². The molecule has 1 atom stereocenters. The highest BCUT2D eigenvalue weighted by atomic mass is 35.5. The number of allylic oxidation sites excluding steroid dienone is 1. The molecule has 12 heteroatoms. The van der Waals surface area contributed by atoms with Crippen molar-refractivity contribution in [2.75, 3.05) is 6.61 Å². The van der Waals surface area contributed by atoms with E-state index in [0.29, 0.717) is 42.7 Å². The average Bonchev–Trinajstić information content (AvgIpc) is 3.50. The van der Waals surface area contributed by atoms with Gasteiger partial charge in [-0.2, -0.15) is 0 Å². The van der Waals surface area contributed by atoms with E-state index in [9.17, 15) is 19.7 Å². The Morgan fingerprint density at radius 2 is 1.89 bits per heavy atom. The van der Waals surface area contributed by atoms with Crippen LogP contribution >= 0.6 is 34.5 Å². The molecule has 228 valence electrons. The van der Waals surface area contributed by atoms with E-state index in [1.54, 1.807) is 39.0 Å². The standard InChI is InChI=1S/C33H26Cl2N4O5S/c1-4-44-32(41)29-19(3)36-33-38(30(29)21-11-9-18(2)27(14-21)39(42)43)31(40)28(45-33)15-22-17-37(26-8-6-5-7-23(22)26)16-20-10-12-24(34)25(35)13-20/h5-15,17,30H,4,16H2,1-3H3/b28-15+/t30-/m0/s1. The second-order valence-corrected chi connectivity index (χ2v) is 12.4. The van der Waals surface area contributed by atoms with Crippen molar-refractivity contribution in [3.63, 3.8) is 0 Å². The Kier molecular flexibility index (Phi) is 8.22. The van der Waals surface area contributed by atoms with Gasteiger partial charge in [0.05, 0.1) is 43.4 Å². The maximum absolute atomic E-state index is 14.2. The Labute approximate surface area is 271 Å². The van der Waals surface area contributed by atoms with Crippen molar-refractivity contribution in [1.29, 1.82) is 0 Å². The zero-order valence-electron chi connectivity index (χ0n) is 24.4. The summed E-state index contributed by atoms with van der Waals surface area (Å²) in [5.41, 5.74) is 3.69. The Balaban J connectivity index is 1.53. The van der Waals surface area contributed by atoms with Gasteiger partial charge in [0.15, 0.2) is 4.80 Å². The summed E-state index contributed by atoms with van der Waals surface area (Å²) in [5, 5.41) is 13.7. The minimum Gasteiger partial charge on any atom is -0.463 e. The van der Waals surface area contributed by atoms with Crippen molar-refractivity contribution in [1.82, 2.24) is 9.13 Å². The fourth-order valence-corrected chi connectivity index (χ4v) is 6.96. The Hall–Kier alpha value is -4.51. The lowest BCUT2D eigenvalue weighted by Gasteiger charge is -2.24. The highest BCUT2D eigenvalue weighted by molar-refractivity contribution is 7.07. The molecule has 5 aromatic rings. The van der Waals surface area contributed by atoms with Crippen LogP contribution in [0.25, 0.3) is 17.0 Å². The monoisotopic (exact) mass is 660 g/mol. The molecule has 0 spiro atoms. The van der Waals surface area contributed by atoms with Crippen LogP contribution in [-0.4, -0.2) is 26.6 Å². The summed E-state index contributed by atoms with van der Waals surface area (Å²) in [7, 11) is 0. The van der Waals surface area contributed by atoms with Crippen LogP contribution in [0.1, 0.15) is 42.1 Å². The number of carbonyl (C=O) groups is 1. The molecule has 0 saturated carbocycles. The van der Waals surface area contributed by atoms with E-state index in [1.165, 1.54) is 22.0 Å². The van der Waals surface area contributed by atoms with Crippen LogP contribution in [-0.2, 0) is 16.1 Å². The number of rotatable bonds is 7. The predicted octanol–water partition coefficient (Wildman–Crippen LogP) is 6.32. The number of halogens is 2. The molecule has 2 aromatic heterocycles. The van der Waals surface area contributed by atoms with Crippen molar-refractivity contribution in [3.05, 3.63) is 140 Å². The first kappa shape index (κ1) is 30.5. The molecule has 0 unspecified atom stereocenters. The zero-order chi connectivity index (χ0) is 32.0. The normalized spacial score (nSPS) is 14.9. The van der Waals surface area contributed by atoms with Crippen LogP contribution in [0.4, 0.5) is 5.69 Å². The van der Waals surface area contributed by atoms with Gasteiger partial charge in [-0.15, -0.1) is 0 Å². The summed E-state index contributed by atoms with van der Waals surface area (Å²) >= 11 is 13.6. The number of nitro benzene ring substituents is 1. The van der Waals surface area contributed by atoms with Gasteiger partial charge in [0, 0.05) is 40.8 Å². The number of aromatic nitrogens is 2. The number of aryl methyl sites for hydroxylation is 1. The largest absolute Gasteiger partial charge is 0.463 e. The van der Waals surface area contributed by atoms with E-state index in [2.05, 4.69) is 9.56 Å². The van der Waals surface area contributed by atoms with E-state index < -0.39 is 16.9 Å². The zero-order valence-corrected chi connectivity index (χ0v) is 26.7. The lowest BCUT2D eigenvalue weighted by molar-refractivity contribution is -0.385. The third-order valence-corrected chi connectivity index (χ3v) is 9.43. The second-order valence-electron chi connectivity index (χ2n) is 10.6. The van der Waals surface area contributed by atoms with Gasteiger partial charge in [-0.3, -0.25) is 19.5 Å². The number of nitrogens with zero attached hydrogens (tertiary/aromatic N) is 4. The minimum atomic E-state index is -0.960. The molecule has 0 fully saturated rings. The molecule has 1 aliphatic rings. The summed E-state index contributed by atoms with van der Waals surface area (Å²) in [5.74, 6) is -0.633. The molecule has 45 heavy (non-hydrogen) atoms. The maximum Gasteiger partial charge on any atom is 0.338 e. The van der Waals surface area contributed by atoms with E-state index >= 15 is 0 Å². The number of benzene rings is 3. The summed E-state index contributed by atoms with van der Waals surface area (Å²) in [6, 6.07) is 17.1. The molecule has 0 radical (unpaired) electrons. The van der Waals surface area contributed by atoms with Crippen molar-refractivity contribution >= 4 is 63.2 Å². The fourth-order valence-electron chi connectivity index (χ4n) is 5.60. The minimum absolute atomic E-state index is 0.109. The van der Waals surface area contributed by atoms with Gasteiger partial charge >= 0.3 is 5.97 Å². The fraction of sp³-hybridized carbons (Fsp3) is 0.182. The molecular weight excluding hydrogens is 635 g/mol. The van der Waals surface area contributed by atoms with Crippen LogP contribution < -0.4 is 14.9 Å². The van der Waals surface area contributed by atoms with Crippen LogP contribution in [0.2, 0.25) is 10.0 Å². The Bertz CT molecular complexity index is 2250. The third kappa shape index (κ3) is 5.61. The Morgan fingerprint density at radius 3 is 2.62 bits per heavy atom. The van der Waals surface area contributed by atoms with E-state index in [-0.39, 0.29) is 23.4 Å². The van der Waals surface area contributed by atoms with Gasteiger partial charge in [-0.1, -0.05) is 70.9 Å². The van der Waals surface area contributed by atoms with Gasteiger partial charge in [0.25, 0.3) is 11.2 Å². The van der Waals surface area contributed by atoms with E-state index in [1.807, 2.05) is 48.7 Å². The molecule has 0 N–H and O–H groups in total. The first-order chi connectivity index (χ1) is 21.6. The van der Waals surface area contributed by atoms with Crippen LogP contribution in [0, 0.1) is 17.0 Å². The molecule has 3 heterocycles. The molecule has 6 rings (SSSR count). The number of carbonyl (C=O) groups excluding carboxylic acids is 1. The van der Waals surface area contributed by atoms with E-state index in [4.69, 9.17) is 27.9 Å². The molecule has 0 aliphatic carbocycles. The van der Waals surface area contributed by atoms with Gasteiger partial charge in [0.2, 0.25) is 0 Å². The topological polar surface area (TPSA) is 109 Å². The van der Waals surface area contributed by atoms with Crippen molar-refractivity contribution in [3.8, 4) is 0 Å². The number of hydrogen-bond donors (Lipinski definition) is 0. The summed E-state index contributed by atoms with van der Waals surface area (Å²) in [6.07, 6.45) is 3.79. The highest BCUT2D eigenvalue weighted by Crippen LogP contribution is 2.33. The second kappa shape index (κ2) is 12.1. The van der Waals surface area contributed by atoms with Gasteiger partial charge in [-0.25, -0.2) is 9.79 Å². The number of fused-ring (bicyclic) bond motifs is 2. The molecule has 3 aromatic carbocycles. The molecule has 0 amide bonds. The number of para-hydroxylation sites is 1. The van der Waals surface area contributed by atoms with Gasteiger partial charge < -0.3 is 9.30 Å². The van der Waals surface area contributed by atoms with E-state index in [0.717, 1.165) is 22.0 Å². The third-order valence-electron chi connectivity index (χ3n) is 7.71. The quantitative estimate of drug-likeness (QED) is 0.115. The molecule has 0 bridgehead atoms. The van der Waals surface area contributed by atoms with Crippen LogP contribution in [0.15, 0.2) is 87.9 Å². The number of thiazole rings is 1. The number of ether oxygens (including phenoxy) is 1. The lowest BCUT2D eigenvalue weighted by atomic mass is 9.94. The van der Waals surface area contributed by atoms with Crippen molar-refractivity contribution in [2.24, 2.45) is 4.99 Å². The summed E-state index contributed by atoms with van der Waals surface area (Å²) in [4.78, 5) is 43.7. The molecule has 0 saturated heterocycles. The predicted molar refractivity (Wildman–Crippen MR) is 176 cm³/mol. The molecule has 9 nitrogen and oxygen atoms in total. The SMILES string of the molecule is CCOC(=O)C1=C(C)N=c2s/c(=C/c3cn(Cc4ccc(Cl)c(Cl)c4)c4ccccc34)c(=O)n2[C@H]1c1ccc(C)c([N+](=O)[O-])c1. The smallest absolute Gasteiger partial charge is 0.338 e. The molecular formula is C33H26Cl2N4O5S. The number of nitro groups is 1. The van der Waals surface area contributed by atoms with Crippen molar-refractivity contribution in [2.45, 2.75) is 33.4 Å². The average molecular weight is 662 g/mol. The van der Waals surface area contributed by atoms with Gasteiger partial charge in [0.1, 0.15) is 0 Å². The maximum atomic E-state index is 14.2. The lowest BCUT2D eigenvalue weighted by Crippen LogP contribution is -2.40. The van der Waals surface area contributed by atoms with Crippen molar-refractivity contribution < 1.29 is 14.5 Å². The summed E-state index contributed by atoms with van der Waals surface area (Å²) < 4.78 is 9.25. The Morgan fingerprint density at radius 1 is 1.11 bits per heavy atom. The van der Waals surface area contributed by atoms with Crippen LogP contribution in [0.5, 0.6) is 0 Å². The van der Waals surface area contributed by atoms with Crippen LogP contribution in [0.3, 0.4) is 0 Å². The number of esters is 1. The number of hydrogen-bond acceptors (Lipinski definition) is 7. The first-order valence-corrected chi connectivity index (χ1v) is 15.6. The first-order valence-electron chi connectivity index (χ1n) is 14.0.